The lowest BCUT2D eigenvalue weighted by Crippen LogP contribution is -2.17. The van der Waals surface area contributed by atoms with Crippen LogP contribution in [-0.4, -0.2) is 16.0 Å². The molecule has 2 N–H and O–H groups in total. The van der Waals surface area contributed by atoms with Crippen LogP contribution in [0.1, 0.15) is 22.4 Å². The molecule has 0 radical (unpaired) electrons. The molecule has 2 aromatic carbocycles. The minimum absolute atomic E-state index is 0.119. The van der Waals surface area contributed by atoms with Crippen LogP contribution in [0.25, 0.3) is 5.69 Å². The Morgan fingerprint density at radius 3 is 2.46 bits per heavy atom. The van der Waals surface area contributed by atoms with Crippen LogP contribution in [0.3, 0.4) is 0 Å². The van der Waals surface area contributed by atoms with Crippen molar-refractivity contribution >= 4 is 11.9 Å². The number of anilines is 1. The van der Waals surface area contributed by atoms with Gasteiger partial charge in [-0.25, -0.2) is 4.68 Å². The minimum Gasteiger partial charge on any atom is -0.295 e. The van der Waals surface area contributed by atoms with Crippen molar-refractivity contribution in [2.24, 2.45) is 5.10 Å². The molecule has 0 fully saturated rings. The van der Waals surface area contributed by atoms with Crippen molar-refractivity contribution < 1.29 is 0 Å². The molecule has 5 nitrogen and oxygen atoms in total. The third kappa shape index (κ3) is 3.15. The van der Waals surface area contributed by atoms with E-state index in [4.69, 9.17) is 0 Å². The lowest BCUT2D eigenvalue weighted by Gasteiger charge is -2.02. The van der Waals surface area contributed by atoms with Gasteiger partial charge < -0.3 is 0 Å². The summed E-state index contributed by atoms with van der Waals surface area (Å²) >= 11 is 0. The van der Waals surface area contributed by atoms with E-state index in [9.17, 15) is 4.79 Å². The number of nitrogens with zero attached hydrogens (tertiary/aromatic N) is 2. The zero-order valence-electron chi connectivity index (χ0n) is 14.0. The molecule has 0 unspecified atom stereocenters. The molecule has 0 spiro atoms. The molecule has 24 heavy (non-hydrogen) atoms. The van der Waals surface area contributed by atoms with Crippen molar-refractivity contribution in [2.75, 3.05) is 5.43 Å². The van der Waals surface area contributed by atoms with E-state index in [1.54, 1.807) is 6.21 Å². The summed E-state index contributed by atoms with van der Waals surface area (Å²) < 4.78 is 1.53. The van der Waals surface area contributed by atoms with Crippen molar-refractivity contribution in [1.29, 1.82) is 0 Å². The topological polar surface area (TPSA) is 62.2 Å². The maximum atomic E-state index is 12.6. The van der Waals surface area contributed by atoms with Crippen molar-refractivity contribution in [1.82, 2.24) is 9.78 Å². The van der Waals surface area contributed by atoms with Gasteiger partial charge in [0.2, 0.25) is 0 Å². The third-order valence-electron chi connectivity index (χ3n) is 3.93. The lowest BCUT2D eigenvalue weighted by molar-refractivity contribution is 0.835. The van der Waals surface area contributed by atoms with Gasteiger partial charge in [0.05, 0.1) is 23.2 Å². The van der Waals surface area contributed by atoms with Gasteiger partial charge >= 0.3 is 0 Å². The minimum atomic E-state index is -0.119. The second-order valence-electron chi connectivity index (χ2n) is 5.81. The number of hydrogen-bond acceptors (Lipinski definition) is 3. The first-order valence-corrected chi connectivity index (χ1v) is 7.79. The molecule has 122 valence electrons. The fourth-order valence-corrected chi connectivity index (χ4v) is 2.45. The number of H-pyrrole nitrogens is 1. The molecular weight excluding hydrogens is 300 g/mol. The summed E-state index contributed by atoms with van der Waals surface area (Å²) in [6, 6.07) is 15.7. The van der Waals surface area contributed by atoms with Crippen LogP contribution in [0.4, 0.5) is 5.69 Å². The smallest absolute Gasteiger partial charge is 0.280 e. The fourth-order valence-electron chi connectivity index (χ4n) is 2.45. The normalized spacial score (nSPS) is 11.1. The zero-order valence-corrected chi connectivity index (χ0v) is 14.0. The zero-order chi connectivity index (χ0) is 17.1. The SMILES string of the molecule is Cc1ccc(-n2[nH]c(C)c(C=NNc3ccccc3C)c2=O)cc1. The molecule has 0 amide bonds. The Bertz CT molecular complexity index is 933. The molecule has 3 aromatic rings. The second kappa shape index (κ2) is 6.58. The van der Waals surface area contributed by atoms with Gasteiger partial charge in [0.15, 0.2) is 0 Å². The maximum absolute atomic E-state index is 12.6. The molecule has 0 aliphatic heterocycles. The summed E-state index contributed by atoms with van der Waals surface area (Å²) in [4.78, 5) is 12.6. The van der Waals surface area contributed by atoms with Crippen molar-refractivity contribution in [3.05, 3.63) is 81.3 Å². The number of hydrazone groups is 1. The van der Waals surface area contributed by atoms with E-state index in [1.165, 1.54) is 4.68 Å². The third-order valence-corrected chi connectivity index (χ3v) is 3.93. The summed E-state index contributed by atoms with van der Waals surface area (Å²) in [5.41, 5.74) is 8.14. The highest BCUT2D eigenvalue weighted by Crippen LogP contribution is 2.13. The summed E-state index contributed by atoms with van der Waals surface area (Å²) in [5.74, 6) is 0. The predicted molar refractivity (Wildman–Crippen MR) is 98.3 cm³/mol. The Morgan fingerprint density at radius 2 is 1.75 bits per heavy atom. The first kappa shape index (κ1) is 15.8. The van der Waals surface area contributed by atoms with Crippen molar-refractivity contribution in [3.63, 3.8) is 0 Å². The molecule has 1 aromatic heterocycles. The molecule has 0 aliphatic carbocycles. The first-order valence-electron chi connectivity index (χ1n) is 7.79. The number of hydrogen-bond donors (Lipinski definition) is 2. The summed E-state index contributed by atoms with van der Waals surface area (Å²) in [5, 5.41) is 7.30. The Hall–Kier alpha value is -3.08. The Labute approximate surface area is 140 Å². The van der Waals surface area contributed by atoms with Gasteiger partial charge in [0.1, 0.15) is 0 Å². The highest BCUT2D eigenvalue weighted by molar-refractivity contribution is 5.81. The molecule has 5 heteroatoms. The molecule has 0 saturated carbocycles. The average molecular weight is 320 g/mol. The quantitative estimate of drug-likeness (QED) is 0.570. The van der Waals surface area contributed by atoms with Gasteiger partial charge in [-0.1, -0.05) is 35.9 Å². The van der Waals surface area contributed by atoms with Gasteiger partial charge in [-0.2, -0.15) is 5.10 Å². The Morgan fingerprint density at radius 1 is 1.04 bits per heavy atom. The van der Waals surface area contributed by atoms with E-state index in [-0.39, 0.29) is 5.56 Å². The fraction of sp³-hybridized carbons (Fsp3) is 0.158. The monoisotopic (exact) mass is 320 g/mol. The number of para-hydroxylation sites is 1. The van der Waals surface area contributed by atoms with Crippen molar-refractivity contribution in [2.45, 2.75) is 20.8 Å². The number of benzene rings is 2. The number of aromatic amines is 1. The maximum Gasteiger partial charge on any atom is 0.280 e. The number of aromatic nitrogens is 2. The molecule has 0 aliphatic rings. The number of nitrogens with one attached hydrogen (secondary N) is 2. The average Bonchev–Trinajstić information content (AvgIpc) is 2.85. The Kier molecular flexibility index (Phi) is 4.33. The predicted octanol–water partition coefficient (Wildman–Crippen LogP) is 3.54. The highest BCUT2D eigenvalue weighted by Gasteiger charge is 2.10. The molecule has 0 bridgehead atoms. The molecule has 0 saturated heterocycles. The van der Waals surface area contributed by atoms with Crippen LogP contribution in [-0.2, 0) is 0 Å². The van der Waals surface area contributed by atoms with Crippen LogP contribution in [0.15, 0.2) is 58.4 Å². The van der Waals surface area contributed by atoms with E-state index in [0.29, 0.717) is 5.56 Å². The van der Waals surface area contributed by atoms with Gasteiger partial charge in [0.25, 0.3) is 5.56 Å². The Balaban J connectivity index is 1.87. The summed E-state index contributed by atoms with van der Waals surface area (Å²) in [7, 11) is 0. The van der Waals surface area contributed by atoms with Crippen LogP contribution >= 0.6 is 0 Å². The van der Waals surface area contributed by atoms with E-state index < -0.39 is 0 Å². The van der Waals surface area contributed by atoms with Gasteiger partial charge in [-0.3, -0.25) is 15.3 Å². The second-order valence-corrected chi connectivity index (χ2v) is 5.81. The molecule has 0 atom stereocenters. The van der Waals surface area contributed by atoms with Crippen LogP contribution in [0.5, 0.6) is 0 Å². The van der Waals surface area contributed by atoms with E-state index in [2.05, 4.69) is 15.6 Å². The molecule has 3 rings (SSSR count). The van der Waals surface area contributed by atoms with Crippen LogP contribution < -0.4 is 11.0 Å². The van der Waals surface area contributed by atoms with E-state index in [1.807, 2.05) is 69.3 Å². The van der Waals surface area contributed by atoms with Gasteiger partial charge in [0, 0.05) is 5.69 Å². The van der Waals surface area contributed by atoms with E-state index >= 15 is 0 Å². The molecular formula is C19H20N4O. The molecule has 1 heterocycles. The standard InChI is InChI=1S/C19H20N4O/c1-13-8-10-16(11-9-13)23-19(24)17(15(3)22-23)12-20-21-18-7-5-4-6-14(18)2/h4-12,21-22H,1-3H3. The summed E-state index contributed by atoms with van der Waals surface area (Å²) in [6.45, 7) is 5.88. The summed E-state index contributed by atoms with van der Waals surface area (Å²) in [6.07, 6.45) is 1.56. The largest absolute Gasteiger partial charge is 0.295 e. The first-order chi connectivity index (χ1) is 11.6. The lowest BCUT2D eigenvalue weighted by atomic mass is 10.2. The van der Waals surface area contributed by atoms with Crippen LogP contribution in [0.2, 0.25) is 0 Å². The van der Waals surface area contributed by atoms with Crippen LogP contribution in [0, 0.1) is 20.8 Å². The van der Waals surface area contributed by atoms with Gasteiger partial charge in [-0.05, 0) is 44.5 Å². The van der Waals surface area contributed by atoms with Gasteiger partial charge in [-0.15, -0.1) is 0 Å². The van der Waals surface area contributed by atoms with E-state index in [0.717, 1.165) is 28.2 Å². The number of aryl methyl sites for hydroxylation is 3. The highest BCUT2D eigenvalue weighted by atomic mass is 16.1. The van der Waals surface area contributed by atoms with Crippen molar-refractivity contribution in [3.8, 4) is 5.69 Å². The number of rotatable bonds is 4.